The molecule has 17 heavy (non-hydrogen) atoms. The number of anilines is 1. The first-order valence-electron chi connectivity index (χ1n) is 5.67. The summed E-state index contributed by atoms with van der Waals surface area (Å²) in [6.45, 7) is 2.70. The topological polar surface area (TPSA) is 55.3 Å². The first kappa shape index (κ1) is 12.2. The van der Waals surface area contributed by atoms with Crippen molar-refractivity contribution in [3.05, 3.63) is 24.3 Å². The molecule has 4 nitrogen and oxygen atoms in total. The van der Waals surface area contributed by atoms with E-state index >= 15 is 0 Å². The number of halogens is 1. The van der Waals surface area contributed by atoms with Gasteiger partial charge in [0.05, 0.1) is 0 Å². The molecule has 1 saturated heterocycles. The third kappa shape index (κ3) is 2.23. The monoisotopic (exact) mass is 253 g/mol. The zero-order chi connectivity index (χ0) is 11.0. The van der Waals surface area contributed by atoms with Gasteiger partial charge in [-0.2, -0.15) is 4.98 Å². The average molecular weight is 254 g/mol. The zero-order valence-electron chi connectivity index (χ0n) is 9.50. The van der Waals surface area contributed by atoms with E-state index in [1.807, 2.05) is 24.3 Å². The Bertz CT molecular complexity index is 466. The standard InChI is InChI=1S/C12H15N3O.ClH/c13-7-9-5-6-15(8-9)12-14-10-3-1-2-4-11(10)16-12;/h1-4,9H,5-8,13H2;1H. The van der Waals surface area contributed by atoms with E-state index in [0.717, 1.165) is 43.2 Å². The number of nitrogens with two attached hydrogens (primary N) is 1. The second-order valence-electron chi connectivity index (χ2n) is 4.30. The summed E-state index contributed by atoms with van der Waals surface area (Å²) in [6, 6.07) is 8.59. The summed E-state index contributed by atoms with van der Waals surface area (Å²) in [5.41, 5.74) is 7.45. The highest BCUT2D eigenvalue weighted by atomic mass is 35.5. The van der Waals surface area contributed by atoms with Crippen LogP contribution < -0.4 is 10.6 Å². The zero-order valence-corrected chi connectivity index (χ0v) is 10.3. The summed E-state index contributed by atoms with van der Waals surface area (Å²) in [5.74, 6) is 0.579. The largest absolute Gasteiger partial charge is 0.423 e. The van der Waals surface area contributed by atoms with Crippen molar-refractivity contribution < 1.29 is 4.42 Å². The maximum atomic E-state index is 5.72. The van der Waals surface area contributed by atoms with Crippen LogP contribution in [-0.2, 0) is 0 Å². The molecule has 1 aromatic carbocycles. The lowest BCUT2D eigenvalue weighted by Crippen LogP contribution is -2.22. The SMILES string of the molecule is Cl.NCC1CCN(c2nc3ccccc3o2)C1. The van der Waals surface area contributed by atoms with Gasteiger partial charge in [-0.1, -0.05) is 12.1 Å². The molecule has 1 aromatic heterocycles. The Morgan fingerprint density at radius 2 is 2.24 bits per heavy atom. The van der Waals surface area contributed by atoms with Crippen LogP contribution in [0.15, 0.2) is 28.7 Å². The number of oxazole rings is 1. The molecule has 0 saturated carbocycles. The maximum absolute atomic E-state index is 5.72. The second-order valence-corrected chi connectivity index (χ2v) is 4.30. The van der Waals surface area contributed by atoms with Crippen molar-refractivity contribution in [3.8, 4) is 0 Å². The van der Waals surface area contributed by atoms with Crippen molar-refractivity contribution in [1.29, 1.82) is 0 Å². The molecule has 1 aliphatic heterocycles. The number of para-hydroxylation sites is 2. The van der Waals surface area contributed by atoms with Gasteiger partial charge < -0.3 is 15.1 Å². The molecule has 2 N–H and O–H groups in total. The Morgan fingerprint density at radius 3 is 2.94 bits per heavy atom. The normalized spacial score (nSPS) is 19.6. The quantitative estimate of drug-likeness (QED) is 0.890. The molecule has 0 amide bonds. The molecule has 1 atom stereocenters. The van der Waals surface area contributed by atoms with E-state index in [-0.39, 0.29) is 12.4 Å². The lowest BCUT2D eigenvalue weighted by molar-refractivity contribution is 0.569. The molecule has 0 aliphatic carbocycles. The molecule has 0 bridgehead atoms. The van der Waals surface area contributed by atoms with Crippen LogP contribution in [0.25, 0.3) is 11.1 Å². The third-order valence-electron chi connectivity index (χ3n) is 3.17. The molecule has 1 fully saturated rings. The minimum atomic E-state index is 0. The molecule has 3 rings (SSSR count). The van der Waals surface area contributed by atoms with Crippen LogP contribution in [0.3, 0.4) is 0 Å². The van der Waals surface area contributed by atoms with Crippen LogP contribution in [0.1, 0.15) is 6.42 Å². The van der Waals surface area contributed by atoms with E-state index < -0.39 is 0 Å². The van der Waals surface area contributed by atoms with Gasteiger partial charge in [0.15, 0.2) is 5.58 Å². The molecule has 5 heteroatoms. The van der Waals surface area contributed by atoms with E-state index in [1.165, 1.54) is 0 Å². The van der Waals surface area contributed by atoms with Gasteiger partial charge in [0.25, 0.3) is 6.01 Å². The van der Waals surface area contributed by atoms with Gasteiger partial charge in [-0.25, -0.2) is 0 Å². The van der Waals surface area contributed by atoms with E-state index in [2.05, 4.69) is 9.88 Å². The summed E-state index contributed by atoms with van der Waals surface area (Å²) < 4.78 is 5.72. The van der Waals surface area contributed by atoms with Crippen molar-refractivity contribution in [2.45, 2.75) is 6.42 Å². The fourth-order valence-corrected chi connectivity index (χ4v) is 2.19. The first-order valence-corrected chi connectivity index (χ1v) is 5.67. The fraction of sp³-hybridized carbons (Fsp3) is 0.417. The van der Waals surface area contributed by atoms with Crippen LogP contribution in [0.2, 0.25) is 0 Å². The molecule has 1 unspecified atom stereocenters. The minimum Gasteiger partial charge on any atom is -0.423 e. The number of aromatic nitrogens is 1. The van der Waals surface area contributed by atoms with Gasteiger partial charge in [-0.15, -0.1) is 12.4 Å². The Balaban J connectivity index is 0.00000108. The van der Waals surface area contributed by atoms with E-state index in [1.54, 1.807) is 0 Å². The molecule has 0 radical (unpaired) electrons. The fourth-order valence-electron chi connectivity index (χ4n) is 2.19. The predicted molar refractivity (Wildman–Crippen MR) is 70.6 cm³/mol. The number of rotatable bonds is 2. The highest BCUT2D eigenvalue weighted by molar-refractivity contribution is 5.85. The number of benzene rings is 1. The summed E-state index contributed by atoms with van der Waals surface area (Å²) in [4.78, 5) is 6.66. The Morgan fingerprint density at radius 1 is 1.41 bits per heavy atom. The Kier molecular flexibility index (Phi) is 3.54. The molecule has 2 aromatic rings. The molecule has 92 valence electrons. The number of fused-ring (bicyclic) bond motifs is 1. The summed E-state index contributed by atoms with van der Waals surface area (Å²) in [6.07, 6.45) is 1.13. The third-order valence-corrected chi connectivity index (χ3v) is 3.17. The Hall–Kier alpha value is -1.26. The van der Waals surface area contributed by atoms with Crippen molar-refractivity contribution >= 4 is 29.5 Å². The van der Waals surface area contributed by atoms with Crippen LogP contribution in [0, 0.1) is 5.92 Å². The molecule has 1 aliphatic rings. The summed E-state index contributed by atoms with van der Waals surface area (Å²) in [5, 5.41) is 0. The van der Waals surface area contributed by atoms with Gasteiger partial charge >= 0.3 is 0 Å². The molecule has 0 spiro atoms. The minimum absolute atomic E-state index is 0. The van der Waals surface area contributed by atoms with Gasteiger partial charge in [-0.3, -0.25) is 0 Å². The van der Waals surface area contributed by atoms with E-state index in [4.69, 9.17) is 10.2 Å². The van der Waals surface area contributed by atoms with Crippen molar-refractivity contribution in [2.75, 3.05) is 24.5 Å². The number of hydrogen-bond donors (Lipinski definition) is 1. The van der Waals surface area contributed by atoms with Crippen molar-refractivity contribution in [1.82, 2.24) is 4.98 Å². The molecular weight excluding hydrogens is 238 g/mol. The highest BCUT2D eigenvalue weighted by Crippen LogP contribution is 2.26. The number of nitrogens with zero attached hydrogens (tertiary/aromatic N) is 2. The summed E-state index contributed by atoms with van der Waals surface area (Å²) in [7, 11) is 0. The predicted octanol–water partition coefficient (Wildman–Crippen LogP) is 2.03. The van der Waals surface area contributed by atoms with Crippen LogP contribution >= 0.6 is 12.4 Å². The number of hydrogen-bond acceptors (Lipinski definition) is 4. The smallest absolute Gasteiger partial charge is 0.298 e. The first-order chi connectivity index (χ1) is 7.86. The average Bonchev–Trinajstić information content (AvgIpc) is 2.95. The Labute approximate surface area is 106 Å². The lowest BCUT2D eigenvalue weighted by atomic mass is 10.1. The highest BCUT2D eigenvalue weighted by Gasteiger charge is 2.24. The van der Waals surface area contributed by atoms with Gasteiger partial charge in [-0.05, 0) is 31.0 Å². The molecular formula is C12H16ClN3O. The lowest BCUT2D eigenvalue weighted by Gasteiger charge is -2.12. The van der Waals surface area contributed by atoms with Gasteiger partial charge in [0.1, 0.15) is 5.52 Å². The maximum Gasteiger partial charge on any atom is 0.298 e. The van der Waals surface area contributed by atoms with Crippen LogP contribution in [0.5, 0.6) is 0 Å². The van der Waals surface area contributed by atoms with Crippen LogP contribution in [-0.4, -0.2) is 24.6 Å². The van der Waals surface area contributed by atoms with Gasteiger partial charge in [0, 0.05) is 13.1 Å². The van der Waals surface area contributed by atoms with E-state index in [0.29, 0.717) is 5.92 Å². The summed E-state index contributed by atoms with van der Waals surface area (Å²) >= 11 is 0. The van der Waals surface area contributed by atoms with Crippen molar-refractivity contribution in [2.24, 2.45) is 11.7 Å². The molecule has 2 heterocycles. The van der Waals surface area contributed by atoms with Gasteiger partial charge in [0.2, 0.25) is 0 Å². The van der Waals surface area contributed by atoms with Crippen molar-refractivity contribution in [3.63, 3.8) is 0 Å². The van der Waals surface area contributed by atoms with Crippen LogP contribution in [0.4, 0.5) is 6.01 Å². The second kappa shape index (κ2) is 4.94. The van der Waals surface area contributed by atoms with E-state index in [9.17, 15) is 0 Å².